The fraction of sp³-hybridized carbons (Fsp3) is 0.312. The number of fused-ring (bicyclic) bond motifs is 1. The van der Waals surface area contributed by atoms with Crippen molar-refractivity contribution in [2.75, 3.05) is 6.61 Å². The summed E-state index contributed by atoms with van der Waals surface area (Å²) in [6, 6.07) is 2.02. The first-order chi connectivity index (χ1) is 12.5. The van der Waals surface area contributed by atoms with Crippen molar-refractivity contribution >= 4 is 5.65 Å². The van der Waals surface area contributed by atoms with Crippen molar-refractivity contribution in [3.05, 3.63) is 46.0 Å². The molecule has 3 rings (SSSR count). The molecule has 0 spiro atoms. The second-order valence-electron chi connectivity index (χ2n) is 6.06. The molecule has 0 saturated carbocycles. The molecule has 2 aromatic heterocycles. The molecule has 0 aliphatic carbocycles. The number of aromatic nitrogens is 4. The quantitative estimate of drug-likeness (QED) is 0.695. The molecule has 0 bridgehead atoms. The maximum Gasteiger partial charge on any atom is 0.422 e. The van der Waals surface area contributed by atoms with Crippen molar-refractivity contribution < 1.29 is 26.7 Å². The molecule has 0 amide bonds. The van der Waals surface area contributed by atoms with E-state index >= 15 is 0 Å². The van der Waals surface area contributed by atoms with Crippen LogP contribution in [-0.4, -0.2) is 32.4 Å². The van der Waals surface area contributed by atoms with E-state index in [0.29, 0.717) is 11.8 Å². The molecule has 0 fully saturated rings. The Labute approximate surface area is 148 Å². The van der Waals surface area contributed by atoms with Gasteiger partial charge in [0.2, 0.25) is 0 Å². The molecule has 0 saturated heterocycles. The Kier molecular flexibility index (Phi) is 4.62. The van der Waals surface area contributed by atoms with Gasteiger partial charge in [-0.05, 0) is 23.6 Å². The van der Waals surface area contributed by atoms with Gasteiger partial charge in [-0.1, -0.05) is 13.8 Å². The van der Waals surface area contributed by atoms with Crippen LogP contribution in [0.5, 0.6) is 6.01 Å². The highest BCUT2D eigenvalue weighted by atomic mass is 19.4. The third-order valence-corrected chi connectivity index (χ3v) is 3.57. The average Bonchev–Trinajstić information content (AvgIpc) is 2.91. The minimum atomic E-state index is -4.64. The molecule has 0 aliphatic heterocycles. The fourth-order valence-electron chi connectivity index (χ4n) is 2.54. The summed E-state index contributed by atoms with van der Waals surface area (Å²) in [5.41, 5.74) is -0.602. The molecular weight excluding hydrogens is 375 g/mol. The van der Waals surface area contributed by atoms with E-state index in [-0.39, 0.29) is 22.7 Å². The second kappa shape index (κ2) is 6.63. The molecule has 1 aromatic carbocycles. The lowest BCUT2D eigenvalue weighted by Gasteiger charge is -2.08. The van der Waals surface area contributed by atoms with E-state index in [9.17, 15) is 26.7 Å². The third-order valence-electron chi connectivity index (χ3n) is 3.57. The number of aromatic amines is 1. The van der Waals surface area contributed by atoms with Crippen LogP contribution in [-0.2, 0) is 0 Å². The van der Waals surface area contributed by atoms with Crippen molar-refractivity contribution in [3.8, 4) is 17.1 Å². The third kappa shape index (κ3) is 3.91. The first-order valence-electron chi connectivity index (χ1n) is 7.74. The smallest absolute Gasteiger partial charge is 0.422 e. The van der Waals surface area contributed by atoms with Gasteiger partial charge in [-0.25, -0.2) is 13.6 Å². The lowest BCUT2D eigenvalue weighted by atomic mass is 9.99. The molecule has 144 valence electrons. The maximum absolute atomic E-state index is 13.7. The van der Waals surface area contributed by atoms with Gasteiger partial charge in [0.1, 0.15) is 11.6 Å². The van der Waals surface area contributed by atoms with Gasteiger partial charge in [-0.3, -0.25) is 4.98 Å². The van der Waals surface area contributed by atoms with E-state index in [1.807, 2.05) is 4.98 Å². The number of alkyl halides is 3. The fourth-order valence-corrected chi connectivity index (χ4v) is 2.54. The van der Waals surface area contributed by atoms with Gasteiger partial charge in [0, 0.05) is 6.07 Å². The molecule has 3 aromatic rings. The van der Waals surface area contributed by atoms with Crippen LogP contribution < -0.4 is 10.4 Å². The van der Waals surface area contributed by atoms with Gasteiger partial charge < -0.3 is 4.74 Å². The summed E-state index contributed by atoms with van der Waals surface area (Å²) in [5.74, 6) is -2.00. The van der Waals surface area contributed by atoms with Gasteiger partial charge in [-0.15, -0.1) is 0 Å². The Balaban J connectivity index is 2.24. The van der Waals surface area contributed by atoms with E-state index in [1.54, 1.807) is 13.8 Å². The first-order valence-corrected chi connectivity index (χ1v) is 7.74. The predicted molar refractivity (Wildman–Crippen MR) is 84.6 cm³/mol. The number of halogens is 5. The summed E-state index contributed by atoms with van der Waals surface area (Å²) in [6.45, 7) is 1.80. The summed E-state index contributed by atoms with van der Waals surface area (Å²) in [7, 11) is 0. The molecule has 11 heteroatoms. The van der Waals surface area contributed by atoms with Crippen LogP contribution in [0.25, 0.3) is 16.8 Å². The van der Waals surface area contributed by atoms with Crippen molar-refractivity contribution in [1.82, 2.24) is 19.6 Å². The predicted octanol–water partition coefficient (Wildman–Crippen LogP) is 3.43. The zero-order valence-electron chi connectivity index (χ0n) is 14.1. The standard InChI is InChI=1S/C16H13F5N4O2/c1-7(2)12-11(8-3-9(17)5-10(18)4-8)13-22-14(27-6-16(19,20)21)23-15(26)25(13)24-12/h3-5,7H,6H2,1-2H3,(H,22,23,26). The summed E-state index contributed by atoms with van der Waals surface area (Å²) in [6.07, 6.45) is -4.64. The molecule has 0 atom stereocenters. The van der Waals surface area contributed by atoms with E-state index < -0.39 is 36.1 Å². The van der Waals surface area contributed by atoms with Gasteiger partial charge in [-0.2, -0.15) is 27.8 Å². The highest BCUT2D eigenvalue weighted by molar-refractivity contribution is 5.80. The van der Waals surface area contributed by atoms with Crippen LogP contribution in [0.1, 0.15) is 25.5 Å². The summed E-state index contributed by atoms with van der Waals surface area (Å²) >= 11 is 0. The normalized spacial score (nSPS) is 12.1. The topological polar surface area (TPSA) is 72.3 Å². The second-order valence-corrected chi connectivity index (χ2v) is 6.06. The SMILES string of the molecule is CC(C)c1nn2c(=O)[nH]c(OCC(F)(F)F)nc2c1-c1cc(F)cc(F)c1. The number of hydrogen-bond acceptors (Lipinski definition) is 4. The number of hydrogen-bond donors (Lipinski definition) is 1. The molecule has 0 unspecified atom stereocenters. The number of rotatable bonds is 4. The molecule has 6 nitrogen and oxygen atoms in total. The van der Waals surface area contributed by atoms with Crippen molar-refractivity contribution in [3.63, 3.8) is 0 Å². The molecule has 2 heterocycles. The average molecular weight is 388 g/mol. The van der Waals surface area contributed by atoms with E-state index in [4.69, 9.17) is 0 Å². The van der Waals surface area contributed by atoms with Crippen LogP contribution in [0.2, 0.25) is 0 Å². The molecule has 1 N–H and O–H groups in total. The Bertz CT molecular complexity index is 1040. The number of nitrogens with zero attached hydrogens (tertiary/aromatic N) is 3. The zero-order chi connectivity index (χ0) is 19.9. The minimum absolute atomic E-state index is 0.0473. The van der Waals surface area contributed by atoms with Crippen molar-refractivity contribution in [2.24, 2.45) is 0 Å². The Hall–Kier alpha value is -2.98. The highest BCUT2D eigenvalue weighted by Gasteiger charge is 2.29. The van der Waals surface area contributed by atoms with Crippen LogP contribution in [0.3, 0.4) is 0 Å². The van der Waals surface area contributed by atoms with E-state index in [1.165, 1.54) is 0 Å². The number of H-pyrrole nitrogens is 1. The maximum atomic E-state index is 13.7. The Morgan fingerprint density at radius 1 is 1.19 bits per heavy atom. The lowest BCUT2D eigenvalue weighted by Crippen LogP contribution is -2.24. The zero-order valence-corrected chi connectivity index (χ0v) is 14.1. The monoisotopic (exact) mass is 388 g/mol. The lowest BCUT2D eigenvalue weighted by molar-refractivity contribution is -0.154. The Morgan fingerprint density at radius 3 is 2.37 bits per heavy atom. The molecule has 0 radical (unpaired) electrons. The van der Waals surface area contributed by atoms with Crippen molar-refractivity contribution in [1.29, 1.82) is 0 Å². The van der Waals surface area contributed by atoms with Gasteiger partial charge in [0.05, 0.1) is 11.3 Å². The van der Waals surface area contributed by atoms with Crippen LogP contribution in [0.15, 0.2) is 23.0 Å². The van der Waals surface area contributed by atoms with Crippen LogP contribution in [0, 0.1) is 11.6 Å². The number of nitrogens with one attached hydrogen (secondary N) is 1. The molecule has 27 heavy (non-hydrogen) atoms. The van der Waals surface area contributed by atoms with Gasteiger partial charge in [0.25, 0.3) is 6.01 Å². The summed E-state index contributed by atoms with van der Waals surface area (Å²) in [5, 5.41) is 4.09. The van der Waals surface area contributed by atoms with Crippen molar-refractivity contribution in [2.45, 2.75) is 25.9 Å². The summed E-state index contributed by atoms with van der Waals surface area (Å²) in [4.78, 5) is 18.1. The Morgan fingerprint density at radius 2 is 1.81 bits per heavy atom. The van der Waals surface area contributed by atoms with Gasteiger partial charge in [0.15, 0.2) is 12.3 Å². The minimum Gasteiger partial charge on any atom is -0.455 e. The van der Waals surface area contributed by atoms with Gasteiger partial charge >= 0.3 is 11.9 Å². The van der Waals surface area contributed by atoms with Crippen LogP contribution in [0.4, 0.5) is 22.0 Å². The summed E-state index contributed by atoms with van der Waals surface area (Å²) < 4.78 is 69.7. The van der Waals surface area contributed by atoms with Crippen LogP contribution >= 0.6 is 0 Å². The van der Waals surface area contributed by atoms with E-state index in [0.717, 1.165) is 16.6 Å². The number of benzene rings is 1. The number of ether oxygens (including phenoxy) is 1. The highest BCUT2D eigenvalue weighted by Crippen LogP contribution is 2.32. The largest absolute Gasteiger partial charge is 0.455 e. The molecule has 0 aliphatic rings. The first kappa shape index (κ1) is 18.8. The molecular formula is C16H13F5N4O2. The van der Waals surface area contributed by atoms with E-state index in [2.05, 4.69) is 14.8 Å².